The van der Waals surface area contributed by atoms with Crippen molar-refractivity contribution in [1.82, 2.24) is 4.90 Å². The number of nitrogens with zero attached hydrogens (tertiary/aromatic N) is 1. The molecule has 4 heteroatoms. The van der Waals surface area contributed by atoms with Gasteiger partial charge in [0.05, 0.1) is 12.0 Å². The first-order valence-electron chi connectivity index (χ1n) is 6.33. The van der Waals surface area contributed by atoms with Crippen molar-refractivity contribution in [2.75, 3.05) is 13.1 Å². The Morgan fingerprint density at radius 3 is 2.56 bits per heavy atom. The van der Waals surface area contributed by atoms with Crippen LogP contribution in [-0.4, -0.2) is 46.3 Å². The van der Waals surface area contributed by atoms with Gasteiger partial charge in [0.1, 0.15) is 0 Å². The van der Waals surface area contributed by atoms with Crippen LogP contribution in [0.1, 0.15) is 38.5 Å². The van der Waals surface area contributed by atoms with E-state index < -0.39 is 5.97 Å². The average molecular weight is 227 g/mol. The topological polar surface area (TPSA) is 60.8 Å². The van der Waals surface area contributed by atoms with Crippen LogP contribution in [0.5, 0.6) is 0 Å². The Labute approximate surface area is 96.3 Å². The van der Waals surface area contributed by atoms with E-state index in [1.165, 1.54) is 6.42 Å². The van der Waals surface area contributed by atoms with Gasteiger partial charge in [-0.2, -0.15) is 0 Å². The van der Waals surface area contributed by atoms with Crippen LogP contribution in [0.25, 0.3) is 0 Å². The maximum absolute atomic E-state index is 10.9. The Kier molecular flexibility index (Phi) is 3.82. The van der Waals surface area contributed by atoms with Gasteiger partial charge in [0.15, 0.2) is 0 Å². The maximum Gasteiger partial charge on any atom is 0.307 e. The van der Waals surface area contributed by atoms with Gasteiger partial charge in [-0.25, -0.2) is 0 Å². The Bertz CT molecular complexity index is 257. The Hall–Kier alpha value is -0.610. The van der Waals surface area contributed by atoms with Gasteiger partial charge in [0.25, 0.3) is 0 Å². The van der Waals surface area contributed by atoms with E-state index in [2.05, 4.69) is 4.90 Å². The normalized spacial score (nSPS) is 37.2. The number of aliphatic hydroxyl groups is 1. The molecule has 16 heavy (non-hydrogen) atoms. The quantitative estimate of drug-likeness (QED) is 0.693. The minimum atomic E-state index is -0.689. The monoisotopic (exact) mass is 227 g/mol. The number of rotatable bonds is 2. The zero-order chi connectivity index (χ0) is 11.5. The molecule has 2 fully saturated rings. The van der Waals surface area contributed by atoms with Crippen molar-refractivity contribution in [2.24, 2.45) is 5.92 Å². The molecule has 3 atom stereocenters. The number of hydrogen-bond acceptors (Lipinski definition) is 3. The fraction of sp³-hybridized carbons (Fsp3) is 0.917. The van der Waals surface area contributed by atoms with Crippen molar-refractivity contribution in [3.05, 3.63) is 0 Å². The van der Waals surface area contributed by atoms with E-state index in [1.807, 2.05) is 0 Å². The number of carboxylic acid groups (broad SMARTS) is 1. The van der Waals surface area contributed by atoms with E-state index in [-0.39, 0.29) is 18.1 Å². The highest BCUT2D eigenvalue weighted by molar-refractivity contribution is 5.70. The van der Waals surface area contributed by atoms with Crippen molar-refractivity contribution in [1.29, 1.82) is 0 Å². The van der Waals surface area contributed by atoms with Gasteiger partial charge in [-0.1, -0.05) is 19.3 Å². The third-order valence-electron chi connectivity index (χ3n) is 3.98. The van der Waals surface area contributed by atoms with Gasteiger partial charge >= 0.3 is 5.97 Å². The zero-order valence-electron chi connectivity index (χ0n) is 9.64. The lowest BCUT2D eigenvalue weighted by Crippen LogP contribution is -2.42. The molecule has 1 aliphatic heterocycles. The second kappa shape index (κ2) is 5.15. The fourth-order valence-electron chi connectivity index (χ4n) is 2.98. The Morgan fingerprint density at radius 2 is 1.88 bits per heavy atom. The molecule has 2 rings (SSSR count). The smallest absolute Gasteiger partial charge is 0.307 e. The van der Waals surface area contributed by atoms with E-state index >= 15 is 0 Å². The predicted molar refractivity (Wildman–Crippen MR) is 60.2 cm³/mol. The summed E-state index contributed by atoms with van der Waals surface area (Å²) in [7, 11) is 0. The fourth-order valence-corrected chi connectivity index (χ4v) is 2.98. The first-order valence-corrected chi connectivity index (χ1v) is 6.33. The lowest BCUT2D eigenvalue weighted by molar-refractivity contribution is -0.141. The van der Waals surface area contributed by atoms with Crippen LogP contribution in [-0.2, 0) is 4.79 Å². The van der Waals surface area contributed by atoms with Crippen molar-refractivity contribution >= 4 is 5.97 Å². The molecule has 0 bridgehead atoms. The highest BCUT2D eigenvalue weighted by atomic mass is 16.4. The van der Waals surface area contributed by atoms with Crippen molar-refractivity contribution in [3.8, 4) is 0 Å². The molecule has 1 saturated heterocycles. The Morgan fingerprint density at radius 1 is 1.12 bits per heavy atom. The summed E-state index contributed by atoms with van der Waals surface area (Å²) in [6.45, 7) is 1.45. The summed E-state index contributed by atoms with van der Waals surface area (Å²) >= 11 is 0. The molecular formula is C12H21NO3. The summed E-state index contributed by atoms with van der Waals surface area (Å²) in [6.07, 6.45) is 5.84. The average Bonchev–Trinajstić information content (AvgIpc) is 2.63. The molecular weight excluding hydrogens is 206 g/mol. The van der Waals surface area contributed by atoms with Crippen LogP contribution in [0.4, 0.5) is 0 Å². The standard InChI is InChI=1S/C12H21NO3/c14-11-5-3-1-2-4-10(11)13-7-6-9(8-13)12(15)16/h9-11,14H,1-8H2,(H,15,16). The highest BCUT2D eigenvalue weighted by Gasteiger charge is 2.35. The summed E-state index contributed by atoms with van der Waals surface area (Å²) in [4.78, 5) is 13.1. The van der Waals surface area contributed by atoms with Crippen LogP contribution in [0.3, 0.4) is 0 Å². The van der Waals surface area contributed by atoms with Gasteiger partial charge in [0.2, 0.25) is 0 Å². The molecule has 2 N–H and O–H groups in total. The third kappa shape index (κ3) is 2.55. The summed E-state index contributed by atoms with van der Waals surface area (Å²) in [6, 6.07) is 0.201. The summed E-state index contributed by atoms with van der Waals surface area (Å²) < 4.78 is 0. The van der Waals surface area contributed by atoms with Crippen molar-refractivity contribution in [3.63, 3.8) is 0 Å². The first-order chi connectivity index (χ1) is 7.68. The predicted octanol–water partition coefficient (Wildman–Crippen LogP) is 1.09. The van der Waals surface area contributed by atoms with E-state index in [1.54, 1.807) is 0 Å². The molecule has 1 aliphatic carbocycles. The van der Waals surface area contributed by atoms with Gasteiger partial charge in [-0.15, -0.1) is 0 Å². The molecule has 2 aliphatic rings. The molecule has 1 saturated carbocycles. The molecule has 0 aromatic carbocycles. The molecule has 0 amide bonds. The van der Waals surface area contributed by atoms with Crippen molar-refractivity contribution < 1.29 is 15.0 Å². The lowest BCUT2D eigenvalue weighted by Gasteiger charge is -2.30. The van der Waals surface area contributed by atoms with Crippen molar-refractivity contribution in [2.45, 2.75) is 50.7 Å². The number of aliphatic hydroxyl groups excluding tert-OH is 1. The number of aliphatic carboxylic acids is 1. The zero-order valence-corrected chi connectivity index (χ0v) is 9.64. The first kappa shape index (κ1) is 11.9. The SMILES string of the molecule is O=C(O)C1CCN(C2CCCCCC2O)C1. The summed E-state index contributed by atoms with van der Waals surface area (Å²) in [5.74, 6) is -0.916. The minimum Gasteiger partial charge on any atom is -0.481 e. The molecule has 0 aromatic heterocycles. The molecule has 3 unspecified atom stereocenters. The van der Waals surface area contributed by atoms with Crippen LogP contribution in [0.15, 0.2) is 0 Å². The van der Waals surface area contributed by atoms with Crippen LogP contribution in [0.2, 0.25) is 0 Å². The largest absolute Gasteiger partial charge is 0.481 e. The number of carboxylic acids is 1. The van der Waals surface area contributed by atoms with E-state index in [9.17, 15) is 9.90 Å². The van der Waals surface area contributed by atoms with Gasteiger partial charge in [-0.05, 0) is 25.8 Å². The van der Waals surface area contributed by atoms with E-state index in [0.717, 1.165) is 38.6 Å². The lowest BCUT2D eigenvalue weighted by atomic mass is 10.0. The van der Waals surface area contributed by atoms with Gasteiger partial charge in [-0.3, -0.25) is 9.69 Å². The second-order valence-corrected chi connectivity index (χ2v) is 5.09. The van der Waals surface area contributed by atoms with Crippen LogP contribution in [0, 0.1) is 5.92 Å². The molecule has 0 aromatic rings. The molecule has 0 radical (unpaired) electrons. The molecule has 1 heterocycles. The number of hydrogen-bond donors (Lipinski definition) is 2. The summed E-state index contributed by atoms with van der Waals surface area (Å²) in [5.41, 5.74) is 0. The van der Waals surface area contributed by atoms with Crippen LogP contribution < -0.4 is 0 Å². The maximum atomic E-state index is 10.9. The number of carbonyl (C=O) groups is 1. The third-order valence-corrected chi connectivity index (χ3v) is 3.98. The van der Waals surface area contributed by atoms with Crippen LogP contribution >= 0.6 is 0 Å². The highest BCUT2D eigenvalue weighted by Crippen LogP contribution is 2.27. The van der Waals surface area contributed by atoms with E-state index in [4.69, 9.17) is 5.11 Å². The molecule has 92 valence electrons. The number of likely N-dealkylation sites (tertiary alicyclic amines) is 1. The minimum absolute atomic E-state index is 0.201. The van der Waals surface area contributed by atoms with E-state index in [0.29, 0.717) is 6.54 Å². The van der Waals surface area contributed by atoms with Gasteiger partial charge < -0.3 is 10.2 Å². The molecule has 4 nitrogen and oxygen atoms in total. The summed E-state index contributed by atoms with van der Waals surface area (Å²) in [5, 5.41) is 19.0. The Balaban J connectivity index is 1.94. The second-order valence-electron chi connectivity index (χ2n) is 5.09. The van der Waals surface area contributed by atoms with Gasteiger partial charge in [0, 0.05) is 12.6 Å². The molecule has 0 spiro atoms.